The minimum atomic E-state index is -0.0564. The molecule has 0 spiro atoms. The van der Waals surface area contributed by atoms with Crippen molar-refractivity contribution in [2.75, 3.05) is 0 Å². The van der Waals surface area contributed by atoms with Crippen LogP contribution in [-0.4, -0.2) is 4.98 Å². The van der Waals surface area contributed by atoms with E-state index in [1.54, 1.807) is 6.07 Å². The van der Waals surface area contributed by atoms with Crippen molar-refractivity contribution in [3.8, 4) is 11.1 Å². The second kappa shape index (κ2) is 5.10. The fourth-order valence-electron chi connectivity index (χ4n) is 2.71. The fraction of sp³-hybridized carbons (Fsp3) is 0.353. The zero-order valence-corrected chi connectivity index (χ0v) is 12.5. The first kappa shape index (κ1) is 13.4. The number of hydrogen-bond acceptors (Lipinski definition) is 1. The van der Waals surface area contributed by atoms with E-state index in [2.05, 4.69) is 24.9 Å². The third-order valence-electron chi connectivity index (χ3n) is 3.90. The maximum atomic E-state index is 11.7. The van der Waals surface area contributed by atoms with Gasteiger partial charge in [0.05, 0.1) is 0 Å². The molecule has 2 nitrogen and oxygen atoms in total. The average molecular weight is 288 g/mol. The summed E-state index contributed by atoms with van der Waals surface area (Å²) in [6, 6.07) is 7.69. The number of halogens is 1. The summed E-state index contributed by atoms with van der Waals surface area (Å²) in [5, 5.41) is 0.714. The van der Waals surface area contributed by atoms with Gasteiger partial charge in [0.1, 0.15) is 0 Å². The lowest BCUT2D eigenvalue weighted by molar-refractivity contribution is 0.868. The van der Waals surface area contributed by atoms with E-state index in [0.717, 1.165) is 11.1 Å². The molecule has 1 N–H and O–H groups in total. The van der Waals surface area contributed by atoms with Crippen LogP contribution in [0.3, 0.4) is 0 Å². The molecule has 3 heteroatoms. The summed E-state index contributed by atoms with van der Waals surface area (Å²) in [6.45, 7) is 4.33. The standard InChI is InChI=1S/C17H18ClNO/c1-10(2)13-6-5-12(18)7-14(13)15-8-17(20)19-9-16(15)11-3-4-11/h5-11H,3-4H2,1-2H3,(H,19,20). The molecule has 0 saturated heterocycles. The Morgan fingerprint density at radius 1 is 1.20 bits per heavy atom. The topological polar surface area (TPSA) is 32.9 Å². The minimum absolute atomic E-state index is 0.0564. The van der Waals surface area contributed by atoms with Crippen LogP contribution >= 0.6 is 11.6 Å². The van der Waals surface area contributed by atoms with E-state index in [0.29, 0.717) is 16.9 Å². The van der Waals surface area contributed by atoms with E-state index in [1.807, 2.05) is 18.3 Å². The zero-order chi connectivity index (χ0) is 14.3. The molecule has 1 aliphatic carbocycles. The summed E-state index contributed by atoms with van der Waals surface area (Å²) in [6.07, 6.45) is 4.29. The number of aromatic nitrogens is 1. The highest BCUT2D eigenvalue weighted by Gasteiger charge is 2.27. The molecule has 3 rings (SSSR count). The number of H-pyrrole nitrogens is 1. The van der Waals surface area contributed by atoms with E-state index in [-0.39, 0.29) is 5.56 Å². The number of pyridine rings is 1. The van der Waals surface area contributed by atoms with E-state index < -0.39 is 0 Å². The Balaban J connectivity index is 2.24. The van der Waals surface area contributed by atoms with Crippen molar-refractivity contribution in [1.82, 2.24) is 4.98 Å². The van der Waals surface area contributed by atoms with Gasteiger partial charge in [-0.1, -0.05) is 31.5 Å². The highest BCUT2D eigenvalue weighted by molar-refractivity contribution is 6.30. The molecular formula is C17H18ClNO. The monoisotopic (exact) mass is 287 g/mol. The van der Waals surface area contributed by atoms with Crippen molar-refractivity contribution in [2.24, 2.45) is 0 Å². The van der Waals surface area contributed by atoms with Gasteiger partial charge in [-0.05, 0) is 59.1 Å². The molecule has 2 aromatic rings. The number of aromatic amines is 1. The van der Waals surface area contributed by atoms with Crippen LogP contribution in [0.2, 0.25) is 5.02 Å². The molecule has 1 aliphatic rings. The van der Waals surface area contributed by atoms with Crippen molar-refractivity contribution in [3.63, 3.8) is 0 Å². The van der Waals surface area contributed by atoms with Crippen molar-refractivity contribution in [3.05, 3.63) is 57.0 Å². The van der Waals surface area contributed by atoms with Crippen LogP contribution in [-0.2, 0) is 0 Å². The minimum Gasteiger partial charge on any atom is -0.329 e. The van der Waals surface area contributed by atoms with Gasteiger partial charge in [0.2, 0.25) is 5.56 Å². The van der Waals surface area contributed by atoms with E-state index in [9.17, 15) is 4.79 Å². The lowest BCUT2D eigenvalue weighted by Gasteiger charge is -2.16. The molecule has 1 aromatic heterocycles. The molecule has 1 fully saturated rings. The first-order chi connectivity index (χ1) is 9.56. The van der Waals surface area contributed by atoms with Crippen LogP contribution in [0.15, 0.2) is 35.3 Å². The lowest BCUT2D eigenvalue weighted by atomic mass is 9.90. The molecule has 0 amide bonds. The van der Waals surface area contributed by atoms with Crippen LogP contribution in [0, 0.1) is 0 Å². The van der Waals surface area contributed by atoms with Crippen LogP contribution in [0.5, 0.6) is 0 Å². The Labute approximate surface area is 123 Å². The zero-order valence-electron chi connectivity index (χ0n) is 11.7. The highest BCUT2D eigenvalue weighted by atomic mass is 35.5. The smallest absolute Gasteiger partial charge is 0.248 e. The summed E-state index contributed by atoms with van der Waals surface area (Å²) in [4.78, 5) is 14.5. The van der Waals surface area contributed by atoms with Crippen molar-refractivity contribution in [2.45, 2.75) is 38.5 Å². The summed E-state index contributed by atoms with van der Waals surface area (Å²) in [5.41, 5.74) is 4.57. The normalized spacial score (nSPS) is 14.8. The highest BCUT2D eigenvalue weighted by Crippen LogP contribution is 2.45. The van der Waals surface area contributed by atoms with Gasteiger partial charge in [0.15, 0.2) is 0 Å². The van der Waals surface area contributed by atoms with Crippen molar-refractivity contribution >= 4 is 11.6 Å². The van der Waals surface area contributed by atoms with Crippen molar-refractivity contribution < 1.29 is 0 Å². The van der Waals surface area contributed by atoms with Crippen LogP contribution in [0.1, 0.15) is 49.7 Å². The molecule has 0 unspecified atom stereocenters. The summed E-state index contributed by atoms with van der Waals surface area (Å²) in [5.74, 6) is 0.981. The van der Waals surface area contributed by atoms with Gasteiger partial charge < -0.3 is 4.98 Å². The van der Waals surface area contributed by atoms with E-state index in [1.165, 1.54) is 24.0 Å². The molecule has 1 aromatic carbocycles. The lowest BCUT2D eigenvalue weighted by Crippen LogP contribution is -2.07. The SMILES string of the molecule is CC(C)c1ccc(Cl)cc1-c1cc(=O)[nH]cc1C1CC1. The van der Waals surface area contributed by atoms with Crippen LogP contribution in [0.25, 0.3) is 11.1 Å². The Hall–Kier alpha value is -1.54. The van der Waals surface area contributed by atoms with Gasteiger partial charge in [-0.2, -0.15) is 0 Å². The molecule has 104 valence electrons. The third-order valence-corrected chi connectivity index (χ3v) is 4.14. The Morgan fingerprint density at radius 3 is 2.60 bits per heavy atom. The van der Waals surface area contributed by atoms with E-state index >= 15 is 0 Å². The first-order valence-electron chi connectivity index (χ1n) is 7.08. The fourth-order valence-corrected chi connectivity index (χ4v) is 2.89. The van der Waals surface area contributed by atoms with E-state index in [4.69, 9.17) is 11.6 Å². The van der Waals surface area contributed by atoms with Gasteiger partial charge in [-0.15, -0.1) is 0 Å². The van der Waals surface area contributed by atoms with Crippen LogP contribution < -0.4 is 5.56 Å². The third kappa shape index (κ3) is 2.53. The molecule has 0 aliphatic heterocycles. The predicted octanol–water partition coefficient (Wildman–Crippen LogP) is 4.70. The van der Waals surface area contributed by atoms with Crippen LogP contribution in [0.4, 0.5) is 0 Å². The Kier molecular flexibility index (Phi) is 3.43. The molecule has 0 bridgehead atoms. The molecule has 1 saturated carbocycles. The van der Waals surface area contributed by atoms with Gasteiger partial charge in [0, 0.05) is 17.3 Å². The quantitative estimate of drug-likeness (QED) is 0.872. The summed E-state index contributed by atoms with van der Waals surface area (Å²) < 4.78 is 0. The van der Waals surface area contributed by atoms with Gasteiger partial charge in [-0.25, -0.2) is 0 Å². The van der Waals surface area contributed by atoms with Gasteiger partial charge in [0.25, 0.3) is 0 Å². The van der Waals surface area contributed by atoms with Gasteiger partial charge >= 0.3 is 0 Å². The number of hydrogen-bond donors (Lipinski definition) is 1. The largest absolute Gasteiger partial charge is 0.329 e. The molecule has 0 atom stereocenters. The maximum Gasteiger partial charge on any atom is 0.248 e. The second-order valence-corrected chi connectivity index (χ2v) is 6.26. The van der Waals surface area contributed by atoms with Crippen molar-refractivity contribution in [1.29, 1.82) is 0 Å². The first-order valence-corrected chi connectivity index (χ1v) is 7.46. The number of nitrogens with one attached hydrogen (secondary N) is 1. The number of rotatable bonds is 3. The number of benzene rings is 1. The summed E-state index contributed by atoms with van der Waals surface area (Å²) in [7, 11) is 0. The second-order valence-electron chi connectivity index (χ2n) is 5.83. The summed E-state index contributed by atoms with van der Waals surface area (Å²) >= 11 is 6.17. The molecule has 1 heterocycles. The maximum absolute atomic E-state index is 11.7. The molecular weight excluding hydrogens is 270 g/mol. The average Bonchev–Trinajstić information content (AvgIpc) is 3.22. The van der Waals surface area contributed by atoms with Gasteiger partial charge in [-0.3, -0.25) is 4.79 Å². The Bertz CT molecular complexity index is 698. The predicted molar refractivity (Wildman–Crippen MR) is 83.6 cm³/mol. The molecule has 20 heavy (non-hydrogen) atoms. The molecule has 0 radical (unpaired) electrons. The Morgan fingerprint density at radius 2 is 1.95 bits per heavy atom.